The van der Waals surface area contributed by atoms with Gasteiger partial charge >= 0.3 is 17.1 Å². The fraction of sp³-hybridized carbons (Fsp3) is 0.773. The van der Waals surface area contributed by atoms with Gasteiger partial charge in [0.2, 0.25) is 0 Å². The zero-order chi connectivity index (χ0) is 25.0. The predicted octanol–water partition coefficient (Wildman–Crippen LogP) is 5.07. The topological polar surface area (TPSA) is 107 Å². The van der Waals surface area contributed by atoms with Gasteiger partial charge in [-0.1, -0.05) is 78.0 Å². The van der Waals surface area contributed by atoms with Gasteiger partial charge in [-0.25, -0.2) is 15.0 Å². The summed E-state index contributed by atoms with van der Waals surface area (Å²) in [4.78, 5) is 13.0. The number of alkyl halides is 1. The van der Waals surface area contributed by atoms with E-state index in [1.807, 2.05) is 4.57 Å². The van der Waals surface area contributed by atoms with Gasteiger partial charge in [0.1, 0.15) is 17.9 Å². The molecule has 4 heterocycles. The lowest BCUT2D eigenvalue weighted by Crippen LogP contribution is -2.65. The Labute approximate surface area is 218 Å². The Bertz CT molecular complexity index is 1000. The van der Waals surface area contributed by atoms with Gasteiger partial charge in [0.15, 0.2) is 17.7 Å². The summed E-state index contributed by atoms with van der Waals surface area (Å²) in [6.07, 6.45) is 2.52. The number of aromatic nitrogens is 4. The summed E-state index contributed by atoms with van der Waals surface area (Å²) in [6.45, 7) is 18.3. The minimum Gasteiger partial charge on any atom is -0.414 e. The highest BCUT2D eigenvalue weighted by atomic mass is 127. The molecule has 2 aromatic rings. The van der Waals surface area contributed by atoms with Crippen molar-refractivity contribution < 1.29 is 17.7 Å². The van der Waals surface area contributed by atoms with Crippen molar-refractivity contribution in [2.75, 3.05) is 12.3 Å². The molecule has 2 aliphatic rings. The molecule has 0 aliphatic carbocycles. The van der Waals surface area contributed by atoms with E-state index in [2.05, 4.69) is 92.9 Å². The molecule has 0 bridgehead atoms. The Kier molecular flexibility index (Phi) is 7.51. The second-order valence-electron chi connectivity index (χ2n) is 10.6. The van der Waals surface area contributed by atoms with E-state index in [4.69, 9.17) is 23.4 Å². The van der Waals surface area contributed by atoms with Crippen LogP contribution in [0.5, 0.6) is 0 Å². The molecular weight excluding hydrogens is 581 g/mol. The van der Waals surface area contributed by atoms with Gasteiger partial charge in [-0.05, 0) is 22.2 Å². The summed E-state index contributed by atoms with van der Waals surface area (Å²) in [5, 5.41) is 0. The number of hydrogen-bond acceptors (Lipinski definition) is 8. The number of imidazole rings is 1. The van der Waals surface area contributed by atoms with Crippen LogP contribution >= 0.6 is 22.6 Å². The first-order valence-corrected chi connectivity index (χ1v) is 17.4. The van der Waals surface area contributed by atoms with E-state index in [-0.39, 0.29) is 33.4 Å². The van der Waals surface area contributed by atoms with E-state index in [0.717, 1.165) is 0 Å². The summed E-state index contributed by atoms with van der Waals surface area (Å²) < 4.78 is 30.0. The number of ether oxygens (including phenoxy) is 1. The fourth-order valence-electron chi connectivity index (χ4n) is 5.39. The maximum atomic E-state index is 7.30. The molecule has 0 radical (unpaired) electrons. The van der Waals surface area contributed by atoms with Crippen molar-refractivity contribution >= 4 is 56.7 Å². The number of rotatable bonds is 5. The van der Waals surface area contributed by atoms with Gasteiger partial charge in [-0.15, -0.1) is 0 Å². The van der Waals surface area contributed by atoms with Gasteiger partial charge in [0.25, 0.3) is 0 Å². The van der Waals surface area contributed by atoms with Gasteiger partial charge in [-0.2, -0.15) is 0 Å². The molecule has 2 N–H and O–H groups in total. The van der Waals surface area contributed by atoms with Crippen molar-refractivity contribution in [3.63, 3.8) is 0 Å². The molecule has 0 aromatic carbocycles. The van der Waals surface area contributed by atoms with Crippen LogP contribution in [0.25, 0.3) is 11.2 Å². The molecule has 9 nitrogen and oxygen atoms in total. The van der Waals surface area contributed by atoms with Crippen LogP contribution in [0, 0.1) is 0 Å². The largest absolute Gasteiger partial charge is 0.414 e. The normalized spacial score (nSPS) is 29.2. The Morgan fingerprint density at radius 2 is 1.59 bits per heavy atom. The third kappa shape index (κ3) is 4.16. The molecule has 2 fully saturated rings. The SMILES string of the molecule is CC(C)[Si]1(C(C)C)OC[C@H]2O[C@@H](n3cnc4c(N)ncnc43)C(I)[C@H]2O[Si](C(C)C)(C(C)C)O1. The molecule has 12 heteroatoms. The lowest BCUT2D eigenvalue weighted by molar-refractivity contribution is -0.0543. The lowest BCUT2D eigenvalue weighted by atomic mass is 10.2. The average molecular weight is 620 g/mol. The highest BCUT2D eigenvalue weighted by Crippen LogP contribution is 2.49. The smallest absolute Gasteiger partial charge is 0.335 e. The number of nitrogen functional groups attached to an aromatic ring is 1. The zero-order valence-corrected chi connectivity index (χ0v) is 25.5. The second-order valence-corrected chi connectivity index (χ2v) is 20.9. The van der Waals surface area contributed by atoms with Crippen molar-refractivity contribution in [2.45, 2.75) is 99.9 Å². The summed E-state index contributed by atoms with van der Waals surface area (Å²) in [7, 11) is -5.31. The second kappa shape index (κ2) is 9.67. The van der Waals surface area contributed by atoms with E-state index in [1.165, 1.54) is 6.33 Å². The van der Waals surface area contributed by atoms with Crippen LogP contribution in [-0.2, 0) is 17.7 Å². The maximum Gasteiger partial charge on any atom is 0.335 e. The van der Waals surface area contributed by atoms with Crippen molar-refractivity contribution in [3.05, 3.63) is 12.7 Å². The highest BCUT2D eigenvalue weighted by Gasteiger charge is 2.61. The first-order chi connectivity index (χ1) is 15.9. The molecule has 4 atom stereocenters. The molecule has 4 rings (SSSR count). The van der Waals surface area contributed by atoms with Crippen molar-refractivity contribution in [2.24, 2.45) is 0 Å². The molecule has 0 saturated carbocycles. The number of nitrogens with zero attached hydrogens (tertiary/aromatic N) is 4. The molecule has 2 aliphatic heterocycles. The predicted molar refractivity (Wildman–Crippen MR) is 145 cm³/mol. The van der Waals surface area contributed by atoms with Gasteiger partial charge < -0.3 is 23.4 Å². The lowest BCUT2D eigenvalue weighted by Gasteiger charge is -2.51. The van der Waals surface area contributed by atoms with E-state index < -0.39 is 17.1 Å². The first kappa shape index (κ1) is 26.4. The summed E-state index contributed by atoms with van der Waals surface area (Å²) in [5.41, 5.74) is 8.39. The van der Waals surface area contributed by atoms with Gasteiger partial charge in [0, 0.05) is 0 Å². The quantitative estimate of drug-likeness (QED) is 0.281. The van der Waals surface area contributed by atoms with Crippen LogP contribution < -0.4 is 5.73 Å². The van der Waals surface area contributed by atoms with Crippen molar-refractivity contribution in [1.82, 2.24) is 19.5 Å². The maximum absolute atomic E-state index is 7.30. The molecule has 2 saturated heterocycles. The monoisotopic (exact) mass is 619 g/mol. The van der Waals surface area contributed by atoms with Crippen molar-refractivity contribution in [1.29, 1.82) is 0 Å². The van der Waals surface area contributed by atoms with Crippen LogP contribution in [-0.4, -0.2) is 59.4 Å². The fourth-order valence-corrected chi connectivity index (χ4v) is 18.0. The van der Waals surface area contributed by atoms with Gasteiger partial charge in [-0.3, -0.25) is 4.57 Å². The average Bonchev–Trinajstić information content (AvgIpc) is 3.29. The molecule has 190 valence electrons. The molecule has 1 unspecified atom stereocenters. The van der Waals surface area contributed by atoms with Crippen LogP contribution in [0.4, 0.5) is 5.82 Å². The standard InChI is InChI=1S/C22H38IN5O4Si2/c1-12(2)33(13(3)4)29-9-16-19(31-34(32-33,14(5)6)15(7)8)17(23)22(30-16)28-11-27-18-20(24)25-10-26-21(18)28/h10-17,19,22H,9H2,1-8H3,(H2,24,25,26)/t16-,17?,19+,22-/m1/s1. The Morgan fingerprint density at radius 3 is 2.18 bits per heavy atom. The molecule has 2 aromatic heterocycles. The highest BCUT2D eigenvalue weighted by molar-refractivity contribution is 14.1. The zero-order valence-electron chi connectivity index (χ0n) is 21.4. The van der Waals surface area contributed by atoms with Crippen LogP contribution in [0.15, 0.2) is 12.7 Å². The third-order valence-corrected chi connectivity index (χ3v) is 18.8. The number of anilines is 1. The molecule has 34 heavy (non-hydrogen) atoms. The van der Waals surface area contributed by atoms with E-state index >= 15 is 0 Å². The first-order valence-electron chi connectivity index (χ1n) is 12.2. The summed E-state index contributed by atoms with van der Waals surface area (Å²) in [6, 6.07) is 0. The third-order valence-electron chi connectivity index (χ3n) is 7.26. The van der Waals surface area contributed by atoms with E-state index in [1.54, 1.807) is 6.33 Å². The van der Waals surface area contributed by atoms with Crippen LogP contribution in [0.3, 0.4) is 0 Å². The number of nitrogens with two attached hydrogens (primary N) is 1. The van der Waals surface area contributed by atoms with E-state index in [0.29, 0.717) is 34.7 Å². The number of halogens is 1. The molecule has 0 spiro atoms. The minimum atomic E-state index is -2.70. The number of hydrogen-bond donors (Lipinski definition) is 1. The minimum absolute atomic E-state index is 0.0139. The Morgan fingerprint density at radius 1 is 0.971 bits per heavy atom. The van der Waals surface area contributed by atoms with Crippen LogP contribution in [0.2, 0.25) is 22.2 Å². The number of fused-ring (bicyclic) bond motifs is 2. The Hall–Kier alpha value is -0.646. The van der Waals surface area contributed by atoms with Gasteiger partial charge in [0.05, 0.1) is 23.0 Å². The van der Waals surface area contributed by atoms with E-state index in [9.17, 15) is 0 Å². The molecule has 0 amide bonds. The Balaban J connectivity index is 1.77. The van der Waals surface area contributed by atoms with Crippen molar-refractivity contribution in [3.8, 4) is 0 Å². The summed E-state index contributed by atoms with van der Waals surface area (Å²) in [5.74, 6) is 0.362. The summed E-state index contributed by atoms with van der Waals surface area (Å²) >= 11 is 2.45. The van der Waals surface area contributed by atoms with Crippen LogP contribution in [0.1, 0.15) is 61.6 Å². The molecular formula is C22H38IN5O4Si2.